The minimum absolute atomic E-state index is 0.141. The Balaban J connectivity index is 4.21. The number of esters is 1. The number of hydrogen-bond acceptors (Lipinski definition) is 4. The fourth-order valence-electron chi connectivity index (χ4n) is 0.476. The maximum atomic E-state index is 10.9. The first-order valence-electron chi connectivity index (χ1n) is 3.67. The van der Waals surface area contributed by atoms with Crippen molar-refractivity contribution >= 4 is 5.97 Å². The lowest BCUT2D eigenvalue weighted by Crippen LogP contribution is -2.38. The third-order valence-electron chi connectivity index (χ3n) is 1.43. The van der Waals surface area contributed by atoms with E-state index in [1.165, 1.54) is 6.92 Å². The van der Waals surface area contributed by atoms with Gasteiger partial charge in [-0.2, -0.15) is 0 Å². The molecule has 1 atom stereocenters. The number of carbonyl (C=O) groups is 1. The fourth-order valence-corrected chi connectivity index (χ4v) is 0.476. The van der Waals surface area contributed by atoms with Crippen LogP contribution >= 0.6 is 0 Å². The molecule has 0 spiro atoms. The van der Waals surface area contributed by atoms with E-state index in [-0.39, 0.29) is 12.0 Å². The van der Waals surface area contributed by atoms with E-state index in [1.807, 2.05) is 0 Å². The van der Waals surface area contributed by atoms with Crippen molar-refractivity contribution < 1.29 is 19.7 Å². The number of aliphatic hydroxyl groups excluding tert-OH is 1. The van der Waals surface area contributed by atoms with Gasteiger partial charge in [0.15, 0.2) is 0 Å². The summed E-state index contributed by atoms with van der Waals surface area (Å²) in [5, 5.41) is 18.0. The molecule has 1 unspecified atom stereocenters. The Bertz CT molecular complexity index is 181. The molecular formula is C8H14O4. The third kappa shape index (κ3) is 3.02. The van der Waals surface area contributed by atoms with Gasteiger partial charge in [-0.25, -0.2) is 4.79 Å². The lowest BCUT2D eigenvalue weighted by molar-refractivity contribution is -0.220. The monoisotopic (exact) mass is 174 g/mol. The molecule has 0 aromatic carbocycles. The van der Waals surface area contributed by atoms with Gasteiger partial charge in [0.2, 0.25) is 5.79 Å². The predicted molar refractivity (Wildman–Crippen MR) is 43.2 cm³/mol. The Hall–Kier alpha value is -0.870. The molecule has 0 aromatic heterocycles. The summed E-state index contributed by atoms with van der Waals surface area (Å²) in [6, 6.07) is 0. The molecular weight excluding hydrogens is 160 g/mol. The zero-order chi connectivity index (χ0) is 9.78. The summed E-state index contributed by atoms with van der Waals surface area (Å²) >= 11 is 0. The van der Waals surface area contributed by atoms with Gasteiger partial charge < -0.3 is 14.9 Å². The normalized spacial score (nSPS) is 15.0. The predicted octanol–water partition coefficient (Wildman–Crippen LogP) is 0.197. The summed E-state index contributed by atoms with van der Waals surface area (Å²) in [4.78, 5) is 10.9. The summed E-state index contributed by atoms with van der Waals surface area (Å²) < 4.78 is 4.56. The van der Waals surface area contributed by atoms with Crippen LogP contribution in [-0.4, -0.2) is 28.6 Å². The minimum atomic E-state index is -1.77. The molecule has 0 heterocycles. The Morgan fingerprint density at radius 3 is 2.42 bits per heavy atom. The van der Waals surface area contributed by atoms with Gasteiger partial charge in [0, 0.05) is 12.0 Å². The second kappa shape index (κ2) is 4.23. The second-order valence-electron chi connectivity index (χ2n) is 2.63. The van der Waals surface area contributed by atoms with Crippen LogP contribution in [0.3, 0.4) is 0 Å². The van der Waals surface area contributed by atoms with E-state index in [9.17, 15) is 9.90 Å². The lowest BCUT2D eigenvalue weighted by Gasteiger charge is -2.23. The van der Waals surface area contributed by atoms with Crippen LogP contribution in [0.15, 0.2) is 12.2 Å². The molecule has 0 fully saturated rings. The molecule has 0 amide bonds. The van der Waals surface area contributed by atoms with Crippen LogP contribution in [-0.2, 0) is 9.53 Å². The molecule has 0 aliphatic heterocycles. The number of ether oxygens (including phenoxy) is 1. The SMILES string of the molecule is C=C(C)C(=O)OC(O)(CC)CO. The van der Waals surface area contributed by atoms with E-state index >= 15 is 0 Å². The highest BCUT2D eigenvalue weighted by Gasteiger charge is 2.28. The number of hydrogen-bond donors (Lipinski definition) is 2. The van der Waals surface area contributed by atoms with Crippen LogP contribution in [0.25, 0.3) is 0 Å². The third-order valence-corrected chi connectivity index (χ3v) is 1.43. The van der Waals surface area contributed by atoms with E-state index in [0.29, 0.717) is 0 Å². The van der Waals surface area contributed by atoms with Crippen molar-refractivity contribution in [1.29, 1.82) is 0 Å². The average molecular weight is 174 g/mol. The van der Waals surface area contributed by atoms with E-state index < -0.39 is 18.4 Å². The lowest BCUT2D eigenvalue weighted by atomic mass is 10.2. The molecule has 0 bridgehead atoms. The molecule has 4 nitrogen and oxygen atoms in total. The molecule has 70 valence electrons. The number of aliphatic hydroxyl groups is 2. The van der Waals surface area contributed by atoms with Gasteiger partial charge in [-0.15, -0.1) is 0 Å². The molecule has 4 heteroatoms. The van der Waals surface area contributed by atoms with E-state index in [2.05, 4.69) is 11.3 Å². The van der Waals surface area contributed by atoms with Crippen molar-refractivity contribution in [3.8, 4) is 0 Å². The highest BCUT2D eigenvalue weighted by molar-refractivity contribution is 5.87. The summed E-state index contributed by atoms with van der Waals surface area (Å²) in [5.41, 5.74) is 0.190. The smallest absolute Gasteiger partial charge is 0.335 e. The first kappa shape index (κ1) is 11.1. The Morgan fingerprint density at radius 2 is 2.17 bits per heavy atom. The van der Waals surface area contributed by atoms with E-state index in [1.54, 1.807) is 6.92 Å². The topological polar surface area (TPSA) is 66.8 Å². The average Bonchev–Trinajstić information content (AvgIpc) is 2.04. The van der Waals surface area contributed by atoms with Gasteiger partial charge in [0.05, 0.1) is 0 Å². The number of carbonyl (C=O) groups excluding carboxylic acids is 1. The summed E-state index contributed by atoms with van der Waals surface area (Å²) in [6.07, 6.45) is 0.141. The maximum Gasteiger partial charge on any atom is 0.335 e. The van der Waals surface area contributed by atoms with Gasteiger partial charge in [-0.05, 0) is 6.92 Å². The molecule has 0 aliphatic carbocycles. The quantitative estimate of drug-likeness (QED) is 0.363. The van der Waals surface area contributed by atoms with Crippen molar-refractivity contribution in [1.82, 2.24) is 0 Å². The standard InChI is InChI=1S/C8H14O4/c1-4-8(11,5-9)12-7(10)6(2)3/h9,11H,2,4-5H2,1,3H3. The van der Waals surface area contributed by atoms with Gasteiger partial charge in [0.1, 0.15) is 6.61 Å². The van der Waals surface area contributed by atoms with Crippen LogP contribution in [0, 0.1) is 0 Å². The van der Waals surface area contributed by atoms with Crippen molar-refractivity contribution in [3.63, 3.8) is 0 Å². The van der Waals surface area contributed by atoms with Crippen molar-refractivity contribution in [2.24, 2.45) is 0 Å². The molecule has 12 heavy (non-hydrogen) atoms. The van der Waals surface area contributed by atoms with Crippen molar-refractivity contribution in [2.45, 2.75) is 26.1 Å². The summed E-state index contributed by atoms with van der Waals surface area (Å²) in [6.45, 7) is 5.80. The fraction of sp³-hybridized carbons (Fsp3) is 0.625. The van der Waals surface area contributed by atoms with Crippen LogP contribution in [0.4, 0.5) is 0 Å². The van der Waals surface area contributed by atoms with E-state index in [4.69, 9.17) is 5.11 Å². The Kier molecular flexibility index (Phi) is 3.92. The molecule has 2 N–H and O–H groups in total. The molecule has 0 aliphatic rings. The molecule has 0 radical (unpaired) electrons. The molecule has 0 rings (SSSR count). The molecule has 0 saturated carbocycles. The molecule has 0 aromatic rings. The van der Waals surface area contributed by atoms with Crippen LogP contribution in [0.2, 0.25) is 0 Å². The van der Waals surface area contributed by atoms with Gasteiger partial charge >= 0.3 is 5.97 Å². The molecule has 0 saturated heterocycles. The Labute approximate surface area is 71.5 Å². The van der Waals surface area contributed by atoms with Crippen molar-refractivity contribution in [3.05, 3.63) is 12.2 Å². The van der Waals surface area contributed by atoms with Crippen LogP contribution in [0.5, 0.6) is 0 Å². The first-order chi connectivity index (χ1) is 5.45. The van der Waals surface area contributed by atoms with Crippen LogP contribution < -0.4 is 0 Å². The van der Waals surface area contributed by atoms with Gasteiger partial charge in [-0.3, -0.25) is 0 Å². The first-order valence-corrected chi connectivity index (χ1v) is 3.67. The highest BCUT2D eigenvalue weighted by atomic mass is 16.7. The van der Waals surface area contributed by atoms with Gasteiger partial charge in [0.25, 0.3) is 0 Å². The summed E-state index contributed by atoms with van der Waals surface area (Å²) in [7, 11) is 0. The minimum Gasteiger partial charge on any atom is -0.427 e. The zero-order valence-electron chi connectivity index (χ0n) is 7.33. The largest absolute Gasteiger partial charge is 0.427 e. The summed E-state index contributed by atoms with van der Waals surface area (Å²) in [5.74, 6) is -2.47. The number of rotatable bonds is 4. The second-order valence-corrected chi connectivity index (χ2v) is 2.63. The van der Waals surface area contributed by atoms with Gasteiger partial charge in [-0.1, -0.05) is 13.5 Å². The highest BCUT2D eigenvalue weighted by Crippen LogP contribution is 2.12. The maximum absolute atomic E-state index is 10.9. The zero-order valence-corrected chi connectivity index (χ0v) is 7.33. The van der Waals surface area contributed by atoms with Crippen LogP contribution in [0.1, 0.15) is 20.3 Å². The van der Waals surface area contributed by atoms with Crippen molar-refractivity contribution in [2.75, 3.05) is 6.61 Å². The van der Waals surface area contributed by atoms with E-state index in [0.717, 1.165) is 0 Å². The Morgan fingerprint density at radius 1 is 1.67 bits per heavy atom.